The van der Waals surface area contributed by atoms with Crippen LogP contribution in [0.2, 0.25) is 0 Å². The Balaban J connectivity index is 1.54. The first-order chi connectivity index (χ1) is 12.1. The number of carbonyl (C=O) groups is 4. The summed E-state index contributed by atoms with van der Waals surface area (Å²) < 4.78 is 0. The van der Waals surface area contributed by atoms with Gasteiger partial charge in [-0.05, 0) is 36.6 Å². The van der Waals surface area contributed by atoms with E-state index < -0.39 is 11.9 Å². The Morgan fingerprint density at radius 3 is 2.72 bits per heavy atom. The van der Waals surface area contributed by atoms with Gasteiger partial charge in [-0.2, -0.15) is 0 Å². The molecule has 0 aliphatic carbocycles. The second-order valence-corrected chi connectivity index (χ2v) is 6.87. The fourth-order valence-electron chi connectivity index (χ4n) is 3.89. The summed E-state index contributed by atoms with van der Waals surface area (Å²) in [5.41, 5.74) is 2.50. The minimum absolute atomic E-state index is 0.0647. The van der Waals surface area contributed by atoms with Gasteiger partial charge in [-0.1, -0.05) is 0 Å². The highest BCUT2D eigenvalue weighted by atomic mass is 16.2. The summed E-state index contributed by atoms with van der Waals surface area (Å²) in [5.74, 6) is -0.782. The molecule has 3 aliphatic heterocycles. The average Bonchev–Trinajstić information content (AvgIpc) is 3.20. The van der Waals surface area contributed by atoms with Gasteiger partial charge in [0.2, 0.25) is 11.8 Å². The number of hydrogen-bond donors (Lipinski definition) is 1. The van der Waals surface area contributed by atoms with E-state index in [0.717, 1.165) is 30.5 Å². The van der Waals surface area contributed by atoms with Crippen molar-refractivity contribution in [2.75, 3.05) is 18.0 Å². The first-order valence-corrected chi connectivity index (χ1v) is 8.54. The van der Waals surface area contributed by atoms with E-state index in [2.05, 4.69) is 10.2 Å². The summed E-state index contributed by atoms with van der Waals surface area (Å²) in [7, 11) is 0. The van der Waals surface area contributed by atoms with Crippen LogP contribution in [-0.4, -0.2) is 48.0 Å². The molecule has 1 aromatic carbocycles. The first-order valence-electron chi connectivity index (χ1n) is 8.54. The van der Waals surface area contributed by atoms with E-state index >= 15 is 0 Å². The third-order valence-electron chi connectivity index (χ3n) is 5.29. The van der Waals surface area contributed by atoms with Crippen molar-refractivity contribution in [3.8, 4) is 0 Å². The topological polar surface area (TPSA) is 86.8 Å². The molecule has 1 aromatic rings. The Hall–Kier alpha value is -2.70. The Bertz CT molecular complexity index is 776. The van der Waals surface area contributed by atoms with Crippen LogP contribution in [0.1, 0.15) is 35.2 Å². The lowest BCUT2D eigenvalue weighted by Gasteiger charge is -2.29. The molecule has 25 heavy (non-hydrogen) atoms. The molecule has 0 spiro atoms. The lowest BCUT2D eigenvalue weighted by atomic mass is 10.0. The molecule has 0 bridgehead atoms. The highest BCUT2D eigenvalue weighted by molar-refractivity contribution is 6.05. The Morgan fingerprint density at radius 2 is 2.00 bits per heavy atom. The van der Waals surface area contributed by atoms with Crippen LogP contribution in [0.15, 0.2) is 18.2 Å². The van der Waals surface area contributed by atoms with Gasteiger partial charge in [-0.3, -0.25) is 19.7 Å². The SMILES string of the molecule is O=CC1CCN(c2ccc3c(c2)CN(C2CCC(=O)NC2=O)C3=O)C1. The number of imide groups is 1. The monoisotopic (exact) mass is 341 g/mol. The van der Waals surface area contributed by atoms with Gasteiger partial charge >= 0.3 is 0 Å². The zero-order valence-corrected chi connectivity index (χ0v) is 13.7. The van der Waals surface area contributed by atoms with E-state index in [9.17, 15) is 19.2 Å². The lowest BCUT2D eigenvalue weighted by Crippen LogP contribution is -2.52. The number of carbonyl (C=O) groups excluding carboxylic acids is 4. The van der Waals surface area contributed by atoms with E-state index in [0.29, 0.717) is 25.1 Å². The Labute approximate surface area is 145 Å². The van der Waals surface area contributed by atoms with Gasteiger partial charge in [0.1, 0.15) is 12.3 Å². The van der Waals surface area contributed by atoms with Crippen LogP contribution in [0.4, 0.5) is 5.69 Å². The number of anilines is 1. The lowest BCUT2D eigenvalue weighted by molar-refractivity contribution is -0.136. The quantitative estimate of drug-likeness (QED) is 0.638. The van der Waals surface area contributed by atoms with Crippen molar-refractivity contribution in [2.24, 2.45) is 5.92 Å². The van der Waals surface area contributed by atoms with Crippen molar-refractivity contribution in [1.29, 1.82) is 0 Å². The average molecular weight is 341 g/mol. The maximum atomic E-state index is 12.7. The molecule has 7 heteroatoms. The number of rotatable bonds is 3. The summed E-state index contributed by atoms with van der Waals surface area (Å²) in [4.78, 5) is 50.7. The van der Waals surface area contributed by atoms with Gasteiger partial charge in [0.15, 0.2) is 0 Å². The molecule has 2 saturated heterocycles. The van der Waals surface area contributed by atoms with Crippen LogP contribution in [0.3, 0.4) is 0 Å². The zero-order chi connectivity index (χ0) is 17.6. The Kier molecular flexibility index (Phi) is 3.78. The van der Waals surface area contributed by atoms with Crippen LogP contribution in [0, 0.1) is 5.92 Å². The second kappa shape index (κ2) is 5.98. The number of fused-ring (bicyclic) bond motifs is 1. The summed E-state index contributed by atoms with van der Waals surface area (Å²) in [6.45, 7) is 1.90. The first kappa shape index (κ1) is 15.8. The largest absolute Gasteiger partial charge is 0.371 e. The van der Waals surface area contributed by atoms with Crippen molar-refractivity contribution in [3.63, 3.8) is 0 Å². The molecule has 2 unspecified atom stereocenters. The van der Waals surface area contributed by atoms with E-state index in [1.54, 1.807) is 11.0 Å². The predicted molar refractivity (Wildman–Crippen MR) is 88.9 cm³/mol. The van der Waals surface area contributed by atoms with Gasteiger partial charge in [-0.25, -0.2) is 0 Å². The third kappa shape index (κ3) is 2.69. The standard InChI is InChI=1S/C18H19N3O4/c22-10-11-5-6-20(8-11)13-1-2-14-12(7-13)9-21(18(14)25)15-3-4-16(23)19-17(15)24/h1-2,7,10-11,15H,3-6,8-9H2,(H,19,23,24). The molecule has 0 radical (unpaired) electrons. The molecular formula is C18H19N3O4. The third-order valence-corrected chi connectivity index (χ3v) is 5.29. The molecule has 1 N–H and O–H groups in total. The van der Waals surface area contributed by atoms with Crippen LogP contribution < -0.4 is 10.2 Å². The molecule has 0 aromatic heterocycles. The minimum Gasteiger partial charge on any atom is -0.371 e. The van der Waals surface area contributed by atoms with E-state index in [1.807, 2.05) is 12.1 Å². The molecule has 2 atom stereocenters. The van der Waals surface area contributed by atoms with Crippen molar-refractivity contribution < 1.29 is 19.2 Å². The van der Waals surface area contributed by atoms with Crippen LogP contribution in [0.25, 0.3) is 0 Å². The smallest absolute Gasteiger partial charge is 0.255 e. The maximum Gasteiger partial charge on any atom is 0.255 e. The van der Waals surface area contributed by atoms with Gasteiger partial charge in [0.05, 0.1) is 0 Å². The van der Waals surface area contributed by atoms with Crippen molar-refractivity contribution in [3.05, 3.63) is 29.3 Å². The summed E-state index contributed by atoms with van der Waals surface area (Å²) in [6, 6.07) is 5.09. The normalized spacial score (nSPS) is 26.0. The number of aldehydes is 1. The van der Waals surface area contributed by atoms with Crippen molar-refractivity contribution in [2.45, 2.75) is 31.8 Å². The minimum atomic E-state index is -0.590. The second-order valence-electron chi connectivity index (χ2n) is 6.87. The van der Waals surface area contributed by atoms with E-state index in [1.165, 1.54) is 0 Å². The summed E-state index contributed by atoms with van der Waals surface area (Å²) in [6.07, 6.45) is 2.47. The van der Waals surface area contributed by atoms with Gasteiger partial charge < -0.3 is 14.6 Å². The molecule has 7 nitrogen and oxygen atoms in total. The molecule has 2 fully saturated rings. The zero-order valence-electron chi connectivity index (χ0n) is 13.7. The molecule has 0 saturated carbocycles. The van der Waals surface area contributed by atoms with Gasteiger partial charge in [0.25, 0.3) is 5.91 Å². The van der Waals surface area contributed by atoms with Crippen LogP contribution in [0.5, 0.6) is 0 Å². The maximum absolute atomic E-state index is 12.7. The van der Waals surface area contributed by atoms with Gasteiger partial charge in [-0.15, -0.1) is 0 Å². The summed E-state index contributed by atoms with van der Waals surface area (Å²) >= 11 is 0. The summed E-state index contributed by atoms with van der Waals surface area (Å²) in [5, 5.41) is 2.31. The molecule has 3 aliphatic rings. The number of nitrogens with one attached hydrogen (secondary N) is 1. The van der Waals surface area contributed by atoms with Crippen molar-refractivity contribution >= 4 is 29.7 Å². The van der Waals surface area contributed by atoms with Gasteiger partial charge in [0, 0.05) is 43.2 Å². The highest BCUT2D eigenvalue weighted by Gasteiger charge is 2.39. The number of piperidine rings is 1. The number of amides is 3. The molecule has 3 heterocycles. The highest BCUT2D eigenvalue weighted by Crippen LogP contribution is 2.32. The van der Waals surface area contributed by atoms with Crippen molar-refractivity contribution in [1.82, 2.24) is 10.2 Å². The predicted octanol–water partition coefficient (Wildman–Crippen LogP) is 0.473. The fourth-order valence-corrected chi connectivity index (χ4v) is 3.89. The van der Waals surface area contributed by atoms with Crippen LogP contribution >= 0.6 is 0 Å². The van der Waals surface area contributed by atoms with Crippen LogP contribution in [-0.2, 0) is 20.9 Å². The molecular weight excluding hydrogens is 322 g/mol. The fraction of sp³-hybridized carbons (Fsp3) is 0.444. The Morgan fingerprint density at radius 1 is 1.16 bits per heavy atom. The molecule has 130 valence electrons. The molecule has 3 amide bonds. The number of hydrogen-bond acceptors (Lipinski definition) is 5. The van der Waals surface area contributed by atoms with E-state index in [4.69, 9.17) is 0 Å². The molecule has 4 rings (SSSR count). The number of benzene rings is 1. The number of nitrogens with zero attached hydrogens (tertiary/aromatic N) is 2. The van der Waals surface area contributed by atoms with E-state index in [-0.39, 0.29) is 24.2 Å².